The Kier molecular flexibility index (Phi) is 7.06. The first-order valence-electron chi connectivity index (χ1n) is 16.1. The maximum atomic E-state index is 6.51. The molecule has 1 aliphatic rings. The van der Waals surface area contributed by atoms with E-state index in [-0.39, 0.29) is 11.3 Å². The number of nitrogens with zero attached hydrogens (tertiary/aromatic N) is 3. The van der Waals surface area contributed by atoms with Gasteiger partial charge in [0, 0.05) is 24.0 Å². The third-order valence-electron chi connectivity index (χ3n) is 9.06. The zero-order valence-electron chi connectivity index (χ0n) is 26.8. The number of benzene rings is 5. The minimum atomic E-state index is 0.0386. The van der Waals surface area contributed by atoms with E-state index in [1.54, 1.807) is 0 Å². The first kappa shape index (κ1) is 28.7. The van der Waals surface area contributed by atoms with Crippen LogP contribution in [0, 0.1) is 0 Å². The Morgan fingerprint density at radius 2 is 1.30 bits per heavy atom. The molecule has 0 N–H and O–H groups in total. The van der Waals surface area contributed by atoms with Crippen molar-refractivity contribution in [1.29, 1.82) is 0 Å². The Hall–Kier alpha value is -5.74. The number of hydrogen-bond donors (Lipinski definition) is 0. The van der Waals surface area contributed by atoms with E-state index in [2.05, 4.69) is 135 Å². The summed E-state index contributed by atoms with van der Waals surface area (Å²) in [6.45, 7) is 6.74. The molecule has 0 bridgehead atoms. The molecule has 1 aliphatic carbocycles. The standard InChI is InChI=1S/C43H35N3O/c1-43(2,3)33-22-23-44-41(24-33)42-39-15-8-7-14-37(39)38-21-20-36(26-40(38)42)47-35-13-9-12-34(25-35)46-28-32(27-45-46)31-18-16-30(17-19-31)29-10-5-4-6-11-29/h4-28,42H,1-3H3. The van der Waals surface area contributed by atoms with Crippen molar-refractivity contribution in [2.24, 2.45) is 0 Å². The van der Waals surface area contributed by atoms with Crippen LogP contribution in [0.4, 0.5) is 0 Å². The summed E-state index contributed by atoms with van der Waals surface area (Å²) in [4.78, 5) is 4.88. The second kappa shape index (κ2) is 11.6. The van der Waals surface area contributed by atoms with Crippen LogP contribution < -0.4 is 4.74 Å². The van der Waals surface area contributed by atoms with Crippen LogP contribution in [0.25, 0.3) is 39.1 Å². The molecule has 0 radical (unpaired) electrons. The van der Waals surface area contributed by atoms with Gasteiger partial charge in [0.1, 0.15) is 11.5 Å². The third-order valence-corrected chi connectivity index (χ3v) is 9.06. The number of ether oxygens (including phenoxy) is 1. The highest BCUT2D eigenvalue weighted by Gasteiger charge is 2.32. The van der Waals surface area contributed by atoms with Crippen LogP contribution in [0.1, 0.15) is 49.1 Å². The molecule has 0 amide bonds. The van der Waals surface area contributed by atoms with E-state index in [0.29, 0.717) is 0 Å². The van der Waals surface area contributed by atoms with Crippen molar-refractivity contribution in [2.75, 3.05) is 0 Å². The average Bonchev–Trinajstić information content (AvgIpc) is 3.72. The van der Waals surface area contributed by atoms with E-state index in [9.17, 15) is 0 Å². The number of aromatic nitrogens is 3. The molecule has 0 aliphatic heterocycles. The fourth-order valence-electron chi connectivity index (χ4n) is 6.57. The van der Waals surface area contributed by atoms with E-state index in [1.165, 1.54) is 38.9 Å². The zero-order chi connectivity index (χ0) is 32.0. The first-order chi connectivity index (χ1) is 22.9. The SMILES string of the molecule is CC(C)(C)c1ccnc(C2c3ccccc3-c3ccc(Oc4cccc(-n5cc(-c6ccc(-c7ccccc7)cc6)cn5)c4)cc32)c1. The van der Waals surface area contributed by atoms with Crippen LogP contribution >= 0.6 is 0 Å². The van der Waals surface area contributed by atoms with Gasteiger partial charge in [0.25, 0.3) is 0 Å². The van der Waals surface area contributed by atoms with Crippen molar-refractivity contribution in [3.63, 3.8) is 0 Å². The molecule has 0 spiro atoms. The molecule has 2 heterocycles. The van der Waals surface area contributed by atoms with Gasteiger partial charge in [0.05, 0.1) is 23.5 Å². The lowest BCUT2D eigenvalue weighted by molar-refractivity contribution is 0.481. The fraction of sp³-hybridized carbons (Fsp3) is 0.116. The van der Waals surface area contributed by atoms with E-state index in [4.69, 9.17) is 9.72 Å². The summed E-state index contributed by atoms with van der Waals surface area (Å²) in [6, 6.07) is 46.6. The Labute approximate surface area is 276 Å². The summed E-state index contributed by atoms with van der Waals surface area (Å²) >= 11 is 0. The molecule has 5 aromatic carbocycles. The van der Waals surface area contributed by atoms with Gasteiger partial charge < -0.3 is 4.74 Å². The molecule has 0 saturated heterocycles. The maximum Gasteiger partial charge on any atom is 0.129 e. The van der Waals surface area contributed by atoms with Crippen LogP contribution in [0.2, 0.25) is 0 Å². The third kappa shape index (κ3) is 5.53. The molecule has 8 rings (SSSR count). The van der Waals surface area contributed by atoms with Crippen molar-refractivity contribution in [3.8, 4) is 50.6 Å². The fourth-order valence-corrected chi connectivity index (χ4v) is 6.57. The summed E-state index contributed by atoms with van der Waals surface area (Å²) in [7, 11) is 0. The smallest absolute Gasteiger partial charge is 0.129 e. The molecule has 4 heteroatoms. The highest BCUT2D eigenvalue weighted by molar-refractivity contribution is 5.81. The summed E-state index contributed by atoms with van der Waals surface area (Å²) < 4.78 is 8.41. The van der Waals surface area contributed by atoms with Crippen molar-refractivity contribution in [3.05, 3.63) is 174 Å². The van der Waals surface area contributed by atoms with Gasteiger partial charge in [0.15, 0.2) is 0 Å². The lowest BCUT2D eigenvalue weighted by atomic mass is 9.85. The topological polar surface area (TPSA) is 39.9 Å². The molecular weight excluding hydrogens is 574 g/mol. The van der Waals surface area contributed by atoms with Crippen molar-refractivity contribution in [1.82, 2.24) is 14.8 Å². The molecule has 47 heavy (non-hydrogen) atoms. The highest BCUT2D eigenvalue weighted by atomic mass is 16.5. The van der Waals surface area contributed by atoms with E-state index >= 15 is 0 Å². The molecule has 1 unspecified atom stereocenters. The Morgan fingerprint density at radius 1 is 0.596 bits per heavy atom. The first-order valence-corrected chi connectivity index (χ1v) is 16.1. The molecule has 228 valence electrons. The number of rotatable bonds is 6. The van der Waals surface area contributed by atoms with Crippen LogP contribution in [-0.4, -0.2) is 14.8 Å². The minimum absolute atomic E-state index is 0.0386. The van der Waals surface area contributed by atoms with Crippen LogP contribution in [0.15, 0.2) is 152 Å². The molecule has 1 atom stereocenters. The predicted molar refractivity (Wildman–Crippen MR) is 190 cm³/mol. The zero-order valence-corrected chi connectivity index (χ0v) is 26.8. The van der Waals surface area contributed by atoms with Crippen molar-refractivity contribution in [2.45, 2.75) is 32.1 Å². The van der Waals surface area contributed by atoms with Crippen LogP contribution in [0.5, 0.6) is 11.5 Å². The number of pyridine rings is 1. The maximum absolute atomic E-state index is 6.51. The van der Waals surface area contributed by atoms with Gasteiger partial charge in [-0.25, -0.2) is 4.68 Å². The van der Waals surface area contributed by atoms with Gasteiger partial charge in [-0.05, 0) is 86.3 Å². The summed E-state index contributed by atoms with van der Waals surface area (Å²) in [5, 5.41) is 4.68. The second-order valence-corrected chi connectivity index (χ2v) is 13.2. The second-order valence-electron chi connectivity index (χ2n) is 13.2. The number of fused-ring (bicyclic) bond motifs is 3. The lowest BCUT2D eigenvalue weighted by Gasteiger charge is -2.21. The van der Waals surface area contributed by atoms with Crippen LogP contribution in [-0.2, 0) is 5.41 Å². The van der Waals surface area contributed by atoms with E-state index < -0.39 is 0 Å². The summed E-state index contributed by atoms with van der Waals surface area (Å²) in [5.41, 5.74) is 12.9. The average molecular weight is 610 g/mol. The van der Waals surface area contributed by atoms with E-state index in [1.807, 2.05) is 47.4 Å². The molecular formula is C43H35N3O. The van der Waals surface area contributed by atoms with Gasteiger partial charge in [-0.3, -0.25) is 4.98 Å². The molecule has 2 aromatic heterocycles. The van der Waals surface area contributed by atoms with Gasteiger partial charge in [-0.2, -0.15) is 5.10 Å². The van der Waals surface area contributed by atoms with Crippen molar-refractivity contribution < 1.29 is 4.74 Å². The van der Waals surface area contributed by atoms with Gasteiger partial charge in [-0.1, -0.05) is 112 Å². The van der Waals surface area contributed by atoms with Gasteiger partial charge in [0.2, 0.25) is 0 Å². The molecule has 0 saturated carbocycles. The number of hydrogen-bond acceptors (Lipinski definition) is 3. The Morgan fingerprint density at radius 3 is 2.11 bits per heavy atom. The molecule has 0 fully saturated rings. The molecule has 4 nitrogen and oxygen atoms in total. The highest BCUT2D eigenvalue weighted by Crippen LogP contribution is 2.49. The van der Waals surface area contributed by atoms with Crippen molar-refractivity contribution >= 4 is 0 Å². The monoisotopic (exact) mass is 609 g/mol. The van der Waals surface area contributed by atoms with E-state index in [0.717, 1.165) is 34.0 Å². The minimum Gasteiger partial charge on any atom is -0.457 e. The summed E-state index contributed by atoms with van der Waals surface area (Å²) in [5.74, 6) is 1.60. The summed E-state index contributed by atoms with van der Waals surface area (Å²) in [6.07, 6.45) is 5.92. The van der Waals surface area contributed by atoms with Gasteiger partial charge >= 0.3 is 0 Å². The van der Waals surface area contributed by atoms with Crippen LogP contribution in [0.3, 0.4) is 0 Å². The Bertz CT molecular complexity index is 2210. The predicted octanol–water partition coefficient (Wildman–Crippen LogP) is 10.9. The molecule has 7 aromatic rings. The quantitative estimate of drug-likeness (QED) is 0.188. The largest absolute Gasteiger partial charge is 0.457 e. The Balaban J connectivity index is 1.07. The normalized spacial score (nSPS) is 13.6. The van der Waals surface area contributed by atoms with Gasteiger partial charge in [-0.15, -0.1) is 0 Å². The lowest BCUT2D eigenvalue weighted by Crippen LogP contribution is -2.13.